The van der Waals surface area contributed by atoms with E-state index in [4.69, 9.17) is 23.8 Å². The van der Waals surface area contributed by atoms with Gasteiger partial charge in [-0.1, -0.05) is 29.4 Å². The van der Waals surface area contributed by atoms with Crippen molar-refractivity contribution < 1.29 is 27.7 Å². The second kappa shape index (κ2) is 10.3. The standard InChI is InChI=1S/C23H12ClF3N4O4S2/c24-14-3-5-15(6-4-14)30-21(33)16(20(32)29-22(30)36)9-12-1-7-18(17(10-12)31(34)35)37-19-8-2-13(11-28-19)23(25,26)27/h1-11H,(H,29,32,36)/b16-9+. The highest BCUT2D eigenvalue weighted by atomic mass is 35.5. The number of pyridine rings is 1. The van der Waals surface area contributed by atoms with E-state index in [1.807, 2.05) is 0 Å². The number of anilines is 1. The van der Waals surface area contributed by atoms with Crippen molar-refractivity contribution in [2.75, 3.05) is 4.90 Å². The zero-order valence-corrected chi connectivity index (χ0v) is 20.5. The van der Waals surface area contributed by atoms with Gasteiger partial charge in [0.1, 0.15) is 10.6 Å². The number of nitro groups is 1. The van der Waals surface area contributed by atoms with Crippen molar-refractivity contribution in [1.82, 2.24) is 10.3 Å². The number of halogens is 4. The van der Waals surface area contributed by atoms with Crippen LogP contribution in [0.25, 0.3) is 6.08 Å². The Morgan fingerprint density at radius 3 is 2.41 bits per heavy atom. The summed E-state index contributed by atoms with van der Waals surface area (Å²) in [4.78, 5) is 41.5. The summed E-state index contributed by atoms with van der Waals surface area (Å²) in [7, 11) is 0. The first kappa shape index (κ1) is 26.3. The topological polar surface area (TPSA) is 105 Å². The molecule has 1 aromatic heterocycles. The average molecular weight is 565 g/mol. The number of rotatable bonds is 5. The number of benzene rings is 2. The number of carbonyl (C=O) groups excluding carboxylic acids is 2. The van der Waals surface area contributed by atoms with E-state index < -0.39 is 34.2 Å². The summed E-state index contributed by atoms with van der Waals surface area (Å²) in [5.41, 5.74) is -1.14. The van der Waals surface area contributed by atoms with Gasteiger partial charge in [0, 0.05) is 17.3 Å². The van der Waals surface area contributed by atoms with E-state index in [2.05, 4.69) is 10.3 Å². The third kappa shape index (κ3) is 5.79. The molecule has 4 rings (SSSR count). The van der Waals surface area contributed by atoms with Crippen LogP contribution in [0.15, 0.2) is 76.3 Å². The zero-order chi connectivity index (χ0) is 26.9. The van der Waals surface area contributed by atoms with Gasteiger partial charge in [-0.2, -0.15) is 13.2 Å². The smallest absolute Gasteiger partial charge is 0.298 e. The first-order chi connectivity index (χ1) is 17.4. The number of hydrogen-bond donors (Lipinski definition) is 1. The maximum atomic E-state index is 13.1. The molecule has 1 fully saturated rings. The Morgan fingerprint density at radius 2 is 1.81 bits per heavy atom. The quantitative estimate of drug-likeness (QED) is 0.140. The minimum Gasteiger partial charge on any atom is -0.298 e. The van der Waals surface area contributed by atoms with Gasteiger partial charge in [-0.15, -0.1) is 0 Å². The predicted octanol–water partition coefficient (Wildman–Crippen LogP) is 5.64. The Hall–Kier alpha value is -3.81. The van der Waals surface area contributed by atoms with Crippen molar-refractivity contribution in [3.05, 3.63) is 92.6 Å². The van der Waals surface area contributed by atoms with Gasteiger partial charge < -0.3 is 0 Å². The molecule has 0 aliphatic carbocycles. The number of hydrogen-bond acceptors (Lipinski definition) is 7. The SMILES string of the molecule is O=C1NC(=S)N(c2ccc(Cl)cc2)C(=O)/C1=C/c1ccc(Sc2ccc(C(F)(F)F)cn2)c([N+](=O)[O-])c1. The monoisotopic (exact) mass is 564 g/mol. The van der Waals surface area contributed by atoms with Gasteiger partial charge in [0.15, 0.2) is 5.11 Å². The number of alkyl halides is 3. The number of aromatic nitrogens is 1. The van der Waals surface area contributed by atoms with Crippen molar-refractivity contribution in [3.8, 4) is 0 Å². The summed E-state index contributed by atoms with van der Waals surface area (Å²) in [5, 5.41) is 14.5. The van der Waals surface area contributed by atoms with Gasteiger partial charge in [-0.05, 0) is 66.3 Å². The van der Waals surface area contributed by atoms with Crippen molar-refractivity contribution in [2.45, 2.75) is 16.1 Å². The second-order valence-electron chi connectivity index (χ2n) is 7.40. The van der Waals surface area contributed by atoms with Crippen molar-refractivity contribution in [1.29, 1.82) is 0 Å². The van der Waals surface area contributed by atoms with Crippen molar-refractivity contribution in [3.63, 3.8) is 0 Å². The molecular weight excluding hydrogens is 553 g/mol. The van der Waals surface area contributed by atoms with Crippen LogP contribution in [-0.4, -0.2) is 26.8 Å². The molecule has 0 bridgehead atoms. The summed E-state index contributed by atoms with van der Waals surface area (Å²) in [6, 6.07) is 12.0. The molecule has 1 aliphatic heterocycles. The van der Waals surface area contributed by atoms with Crippen molar-refractivity contribution in [2.24, 2.45) is 0 Å². The summed E-state index contributed by atoms with van der Waals surface area (Å²) >= 11 is 11.8. The highest BCUT2D eigenvalue weighted by molar-refractivity contribution is 7.99. The minimum absolute atomic E-state index is 0.0998. The number of amides is 2. The molecule has 1 aliphatic rings. The first-order valence-electron chi connectivity index (χ1n) is 10.1. The lowest BCUT2D eigenvalue weighted by atomic mass is 10.1. The minimum atomic E-state index is -4.56. The fraction of sp³-hybridized carbons (Fsp3) is 0.0435. The van der Waals surface area contributed by atoms with Gasteiger partial charge in [-0.3, -0.25) is 29.9 Å². The molecule has 0 radical (unpaired) electrons. The van der Waals surface area contributed by atoms with Crippen LogP contribution < -0.4 is 10.2 Å². The molecule has 0 spiro atoms. The second-order valence-corrected chi connectivity index (χ2v) is 9.29. The molecule has 37 heavy (non-hydrogen) atoms. The Labute approximate surface area is 221 Å². The van der Waals surface area contributed by atoms with Crippen LogP contribution >= 0.6 is 35.6 Å². The van der Waals surface area contributed by atoms with Gasteiger partial charge >= 0.3 is 6.18 Å². The Kier molecular flexibility index (Phi) is 7.30. The molecule has 1 saturated heterocycles. The Balaban J connectivity index is 1.65. The summed E-state index contributed by atoms with van der Waals surface area (Å²) < 4.78 is 38.3. The molecular formula is C23H12ClF3N4O4S2. The third-order valence-electron chi connectivity index (χ3n) is 4.96. The largest absolute Gasteiger partial charge is 0.417 e. The Morgan fingerprint density at radius 1 is 1.11 bits per heavy atom. The van der Waals surface area contributed by atoms with Crippen LogP contribution in [-0.2, 0) is 15.8 Å². The third-order valence-corrected chi connectivity index (χ3v) is 6.51. The highest BCUT2D eigenvalue weighted by Gasteiger charge is 2.35. The zero-order valence-electron chi connectivity index (χ0n) is 18.2. The normalized spacial score (nSPS) is 15.2. The maximum Gasteiger partial charge on any atom is 0.417 e. The lowest BCUT2D eigenvalue weighted by Crippen LogP contribution is -2.54. The summed E-state index contributed by atoms with van der Waals surface area (Å²) in [6.07, 6.45) is -2.75. The predicted molar refractivity (Wildman–Crippen MR) is 134 cm³/mol. The molecule has 0 unspecified atom stereocenters. The lowest BCUT2D eigenvalue weighted by molar-refractivity contribution is -0.387. The van der Waals surface area contributed by atoms with Gasteiger partial charge in [0.25, 0.3) is 17.5 Å². The molecule has 14 heteroatoms. The molecule has 1 N–H and O–H groups in total. The van der Waals surface area contributed by atoms with Crippen LogP contribution in [0.4, 0.5) is 24.5 Å². The van der Waals surface area contributed by atoms with E-state index >= 15 is 0 Å². The lowest BCUT2D eigenvalue weighted by Gasteiger charge is -2.28. The number of nitro benzene ring substituents is 1. The van der Waals surface area contributed by atoms with E-state index in [1.165, 1.54) is 42.5 Å². The van der Waals surface area contributed by atoms with E-state index in [-0.39, 0.29) is 26.2 Å². The maximum absolute atomic E-state index is 13.1. The van der Waals surface area contributed by atoms with Gasteiger partial charge in [0.2, 0.25) is 0 Å². The van der Waals surface area contributed by atoms with Crippen molar-refractivity contribution >= 4 is 70.0 Å². The molecule has 2 heterocycles. The van der Waals surface area contributed by atoms with Gasteiger partial charge in [0.05, 0.1) is 21.1 Å². The first-order valence-corrected chi connectivity index (χ1v) is 11.7. The average Bonchev–Trinajstić information content (AvgIpc) is 2.83. The summed E-state index contributed by atoms with van der Waals surface area (Å²) in [6.45, 7) is 0. The molecule has 188 valence electrons. The summed E-state index contributed by atoms with van der Waals surface area (Å²) in [5.74, 6) is -1.53. The fourth-order valence-electron chi connectivity index (χ4n) is 3.22. The highest BCUT2D eigenvalue weighted by Crippen LogP contribution is 2.36. The Bertz CT molecular complexity index is 1460. The number of thiocarbonyl (C=S) groups is 1. The number of nitrogens with zero attached hydrogens (tertiary/aromatic N) is 3. The van der Waals surface area contributed by atoms with E-state index in [0.29, 0.717) is 16.9 Å². The molecule has 2 aromatic carbocycles. The number of nitrogens with one attached hydrogen (secondary N) is 1. The molecule has 0 saturated carbocycles. The van der Waals surface area contributed by atoms with E-state index in [0.717, 1.165) is 34.9 Å². The van der Waals surface area contributed by atoms with Crippen LogP contribution in [0.5, 0.6) is 0 Å². The number of carbonyl (C=O) groups is 2. The van der Waals surface area contributed by atoms with Crippen LogP contribution in [0, 0.1) is 10.1 Å². The van der Waals surface area contributed by atoms with E-state index in [9.17, 15) is 32.9 Å². The van der Waals surface area contributed by atoms with Crippen LogP contribution in [0.1, 0.15) is 11.1 Å². The van der Waals surface area contributed by atoms with Gasteiger partial charge in [-0.25, -0.2) is 4.98 Å². The molecule has 0 atom stereocenters. The molecule has 8 nitrogen and oxygen atoms in total. The van der Waals surface area contributed by atoms with Crippen LogP contribution in [0.3, 0.4) is 0 Å². The fourth-order valence-corrected chi connectivity index (χ4v) is 4.47. The van der Waals surface area contributed by atoms with Crippen LogP contribution in [0.2, 0.25) is 5.02 Å². The molecule has 3 aromatic rings. The molecule has 2 amide bonds. The van der Waals surface area contributed by atoms with E-state index in [1.54, 1.807) is 0 Å².